The van der Waals surface area contributed by atoms with E-state index in [1.165, 1.54) is 14.2 Å². The molecule has 0 aliphatic heterocycles. The Hall–Kier alpha value is -3.87. The molecule has 0 saturated heterocycles. The zero-order valence-corrected chi connectivity index (χ0v) is 20.5. The second kappa shape index (κ2) is 14.5. The summed E-state index contributed by atoms with van der Waals surface area (Å²) in [6.45, 7) is 1.80. The van der Waals surface area contributed by atoms with E-state index in [1.807, 2.05) is 30.3 Å². The normalized spacial score (nSPS) is 13.6. The molecule has 36 heavy (non-hydrogen) atoms. The van der Waals surface area contributed by atoms with E-state index >= 15 is 0 Å². The SMILES string of the molecule is CCC(NC(N)N)C(NC(=O)C(Cc1ccccc1)NC(=O)N=Nc1ccc(OC)cc1)C(=O)OC. The third kappa shape index (κ3) is 9.06. The van der Waals surface area contributed by atoms with E-state index in [0.717, 1.165) is 5.56 Å². The molecule has 0 aromatic heterocycles. The fraction of sp³-hybridized carbons (Fsp3) is 0.375. The first-order valence-electron chi connectivity index (χ1n) is 11.3. The van der Waals surface area contributed by atoms with Crippen molar-refractivity contribution in [1.82, 2.24) is 16.0 Å². The highest BCUT2D eigenvalue weighted by Crippen LogP contribution is 2.18. The highest BCUT2D eigenvalue weighted by Gasteiger charge is 2.33. The second-order valence-electron chi connectivity index (χ2n) is 7.81. The second-order valence-corrected chi connectivity index (χ2v) is 7.81. The van der Waals surface area contributed by atoms with Crippen molar-refractivity contribution < 1.29 is 23.9 Å². The molecule has 2 rings (SSSR count). The van der Waals surface area contributed by atoms with Gasteiger partial charge < -0.3 is 31.6 Å². The van der Waals surface area contributed by atoms with Gasteiger partial charge in [0.15, 0.2) is 0 Å². The van der Waals surface area contributed by atoms with E-state index in [9.17, 15) is 14.4 Å². The van der Waals surface area contributed by atoms with Crippen molar-refractivity contribution in [2.24, 2.45) is 21.7 Å². The van der Waals surface area contributed by atoms with Gasteiger partial charge >= 0.3 is 12.0 Å². The van der Waals surface area contributed by atoms with Crippen LogP contribution >= 0.6 is 0 Å². The maximum absolute atomic E-state index is 13.3. The van der Waals surface area contributed by atoms with Gasteiger partial charge in [-0.25, -0.2) is 9.59 Å². The number of ether oxygens (including phenoxy) is 2. The summed E-state index contributed by atoms with van der Waals surface area (Å²) in [6.07, 6.45) is -0.362. The molecule has 0 saturated carbocycles. The van der Waals surface area contributed by atoms with E-state index in [-0.39, 0.29) is 6.42 Å². The standard InChI is InChI=1S/C24H33N7O5/c1-4-18(27-23(25)26)20(22(33)36-3)29-21(32)19(14-15-8-6-5-7-9-15)28-24(34)31-30-16-10-12-17(35-2)13-11-16/h5-13,18-20,23,27H,4,14,25-26H2,1-3H3,(H,28,34)(H,29,32). The number of benzene rings is 2. The molecule has 7 N–H and O–H groups in total. The predicted octanol–water partition coefficient (Wildman–Crippen LogP) is 1.33. The molecule has 0 fully saturated rings. The lowest BCUT2D eigenvalue weighted by Crippen LogP contribution is -2.62. The molecular weight excluding hydrogens is 466 g/mol. The third-order valence-electron chi connectivity index (χ3n) is 5.23. The van der Waals surface area contributed by atoms with E-state index in [2.05, 4.69) is 26.2 Å². The molecule has 0 aliphatic rings. The number of amides is 3. The quantitative estimate of drug-likeness (QED) is 0.165. The first-order valence-corrected chi connectivity index (χ1v) is 11.3. The van der Waals surface area contributed by atoms with E-state index in [0.29, 0.717) is 17.9 Å². The largest absolute Gasteiger partial charge is 0.497 e. The highest BCUT2D eigenvalue weighted by atomic mass is 16.5. The van der Waals surface area contributed by atoms with Crippen LogP contribution in [-0.2, 0) is 20.7 Å². The van der Waals surface area contributed by atoms with Crippen LogP contribution in [0.2, 0.25) is 0 Å². The lowest BCUT2D eigenvalue weighted by atomic mass is 10.0. The van der Waals surface area contributed by atoms with Gasteiger partial charge in [0, 0.05) is 12.5 Å². The number of carbonyl (C=O) groups excluding carboxylic acids is 3. The molecule has 0 spiro atoms. The first-order chi connectivity index (χ1) is 17.3. The van der Waals surface area contributed by atoms with Gasteiger partial charge in [0.05, 0.1) is 19.9 Å². The molecule has 2 aromatic rings. The van der Waals surface area contributed by atoms with Crippen LogP contribution in [0.3, 0.4) is 0 Å². The van der Waals surface area contributed by atoms with Crippen LogP contribution in [0.5, 0.6) is 5.75 Å². The zero-order chi connectivity index (χ0) is 26.5. The fourth-order valence-corrected chi connectivity index (χ4v) is 3.39. The van der Waals surface area contributed by atoms with Crippen molar-refractivity contribution in [2.45, 2.75) is 44.2 Å². The molecule has 12 heteroatoms. The van der Waals surface area contributed by atoms with Crippen LogP contribution in [0, 0.1) is 0 Å². The maximum Gasteiger partial charge on any atom is 0.360 e. The molecule has 0 bridgehead atoms. The molecule has 3 unspecified atom stereocenters. The summed E-state index contributed by atoms with van der Waals surface area (Å²) in [7, 11) is 2.75. The lowest BCUT2D eigenvalue weighted by molar-refractivity contribution is -0.146. The number of azo groups is 1. The van der Waals surface area contributed by atoms with E-state index < -0.39 is 42.3 Å². The molecule has 0 heterocycles. The molecule has 194 valence electrons. The number of methoxy groups -OCH3 is 2. The molecule has 3 atom stereocenters. The van der Waals surface area contributed by atoms with Gasteiger partial charge in [-0.05, 0) is 36.2 Å². The topological polar surface area (TPSA) is 183 Å². The van der Waals surface area contributed by atoms with Crippen molar-refractivity contribution in [2.75, 3.05) is 14.2 Å². The average molecular weight is 500 g/mol. The van der Waals surface area contributed by atoms with Gasteiger partial charge in [-0.3, -0.25) is 10.1 Å². The van der Waals surface area contributed by atoms with Crippen LogP contribution in [0.25, 0.3) is 0 Å². The Morgan fingerprint density at radius 1 is 0.972 bits per heavy atom. The minimum Gasteiger partial charge on any atom is -0.497 e. The number of nitrogens with one attached hydrogen (secondary N) is 3. The summed E-state index contributed by atoms with van der Waals surface area (Å²) in [5.41, 5.74) is 12.5. The van der Waals surface area contributed by atoms with E-state index in [4.69, 9.17) is 20.9 Å². The van der Waals surface area contributed by atoms with Gasteiger partial charge in [-0.2, -0.15) is 0 Å². The van der Waals surface area contributed by atoms with Gasteiger partial charge in [0.25, 0.3) is 0 Å². The minimum absolute atomic E-state index is 0.144. The van der Waals surface area contributed by atoms with Crippen molar-refractivity contribution in [3.8, 4) is 5.75 Å². The number of carbonyl (C=O) groups is 3. The Labute approximate surface area is 209 Å². The summed E-state index contributed by atoms with van der Waals surface area (Å²) in [5.74, 6) is -0.672. The third-order valence-corrected chi connectivity index (χ3v) is 5.23. The number of nitrogens with zero attached hydrogens (tertiary/aromatic N) is 2. The number of hydrogen-bond donors (Lipinski definition) is 5. The predicted molar refractivity (Wildman–Crippen MR) is 133 cm³/mol. The molecule has 0 radical (unpaired) electrons. The summed E-state index contributed by atoms with van der Waals surface area (Å²) in [6, 6.07) is 12.1. The lowest BCUT2D eigenvalue weighted by Gasteiger charge is -2.29. The van der Waals surface area contributed by atoms with Crippen molar-refractivity contribution >= 4 is 23.6 Å². The Balaban J connectivity index is 2.21. The van der Waals surface area contributed by atoms with Crippen LogP contribution in [-0.4, -0.2) is 56.5 Å². The Morgan fingerprint density at radius 3 is 2.19 bits per heavy atom. The molecular formula is C24H33N7O5. The van der Waals surface area contributed by atoms with Gasteiger partial charge in [0.1, 0.15) is 24.1 Å². The van der Waals surface area contributed by atoms with Crippen molar-refractivity contribution in [3.63, 3.8) is 0 Å². The smallest absolute Gasteiger partial charge is 0.360 e. The maximum atomic E-state index is 13.3. The number of hydrogen-bond acceptors (Lipinski definition) is 9. The average Bonchev–Trinajstić information content (AvgIpc) is 2.89. The van der Waals surface area contributed by atoms with Gasteiger partial charge in [-0.15, -0.1) is 5.11 Å². The Morgan fingerprint density at radius 2 is 1.64 bits per heavy atom. The Bertz CT molecular complexity index is 1020. The van der Waals surface area contributed by atoms with Crippen LogP contribution in [0.1, 0.15) is 18.9 Å². The minimum atomic E-state index is -1.10. The fourth-order valence-electron chi connectivity index (χ4n) is 3.39. The van der Waals surface area contributed by atoms with Crippen LogP contribution in [0.15, 0.2) is 64.8 Å². The summed E-state index contributed by atoms with van der Waals surface area (Å²) < 4.78 is 9.94. The monoisotopic (exact) mass is 499 g/mol. The van der Waals surface area contributed by atoms with Gasteiger partial charge in [-0.1, -0.05) is 42.4 Å². The summed E-state index contributed by atoms with van der Waals surface area (Å²) in [5, 5.41) is 15.6. The van der Waals surface area contributed by atoms with Crippen molar-refractivity contribution in [3.05, 3.63) is 60.2 Å². The number of esters is 1. The van der Waals surface area contributed by atoms with E-state index in [1.54, 1.807) is 31.2 Å². The molecule has 12 nitrogen and oxygen atoms in total. The van der Waals surface area contributed by atoms with Gasteiger partial charge in [0.2, 0.25) is 5.91 Å². The highest BCUT2D eigenvalue weighted by molar-refractivity contribution is 5.91. The Kier molecular flexibility index (Phi) is 11.4. The molecule has 3 amide bonds. The number of nitrogens with two attached hydrogens (primary N) is 2. The van der Waals surface area contributed by atoms with Crippen molar-refractivity contribution in [1.29, 1.82) is 0 Å². The van der Waals surface area contributed by atoms with Crippen LogP contribution < -0.4 is 32.2 Å². The van der Waals surface area contributed by atoms with Crippen LogP contribution in [0.4, 0.5) is 10.5 Å². The summed E-state index contributed by atoms with van der Waals surface area (Å²) >= 11 is 0. The molecule has 0 aliphatic carbocycles. The summed E-state index contributed by atoms with van der Waals surface area (Å²) in [4.78, 5) is 38.2. The molecule has 2 aromatic carbocycles. The zero-order valence-electron chi connectivity index (χ0n) is 20.5. The first kappa shape index (κ1) is 28.4. The number of urea groups is 1. The number of rotatable bonds is 12.